The Kier molecular flexibility index (Phi) is 12.6. The smallest absolute Gasteiger partial charge is 0.0384 e. The van der Waals surface area contributed by atoms with Gasteiger partial charge in [0, 0.05) is 30.6 Å². The topological polar surface area (TPSA) is 27.1 Å². The van der Waals surface area contributed by atoms with Crippen molar-refractivity contribution in [3.8, 4) is 0 Å². The van der Waals surface area contributed by atoms with Crippen LogP contribution in [0.2, 0.25) is 0 Å². The highest BCUT2D eigenvalue weighted by Crippen LogP contribution is 2.39. The van der Waals surface area contributed by atoms with Crippen LogP contribution in [0.4, 0.5) is 0 Å². The van der Waals surface area contributed by atoms with Crippen molar-refractivity contribution in [3.05, 3.63) is 83.9 Å². The van der Waals surface area contributed by atoms with Gasteiger partial charge in [0.15, 0.2) is 0 Å². The summed E-state index contributed by atoms with van der Waals surface area (Å²) in [6, 6.07) is 20.8. The molecule has 1 saturated heterocycles. The number of rotatable bonds is 7. The van der Waals surface area contributed by atoms with E-state index in [1.807, 2.05) is 32.9 Å². The Bertz CT molecular complexity index is 935. The summed E-state index contributed by atoms with van der Waals surface area (Å²) < 4.78 is 2.49. The zero-order valence-electron chi connectivity index (χ0n) is 22.6. The second-order valence-electron chi connectivity index (χ2n) is 9.44. The van der Waals surface area contributed by atoms with Crippen molar-refractivity contribution in [3.63, 3.8) is 0 Å². The van der Waals surface area contributed by atoms with Crippen LogP contribution in [0.1, 0.15) is 71.4 Å². The van der Waals surface area contributed by atoms with E-state index in [-0.39, 0.29) is 5.41 Å². The van der Waals surface area contributed by atoms with Crippen molar-refractivity contribution in [2.24, 2.45) is 5.92 Å². The minimum atomic E-state index is -0.936. The van der Waals surface area contributed by atoms with Gasteiger partial charge >= 0.3 is 0 Å². The van der Waals surface area contributed by atoms with E-state index in [2.05, 4.69) is 91.3 Å². The Morgan fingerprint density at radius 2 is 1.50 bits per heavy atom. The molecule has 1 N–H and O–H groups in total. The van der Waals surface area contributed by atoms with Crippen molar-refractivity contribution in [2.45, 2.75) is 65.7 Å². The molecular formula is C31H48N2S. The van der Waals surface area contributed by atoms with Gasteiger partial charge < -0.3 is 5.41 Å². The molecule has 0 spiro atoms. The Labute approximate surface area is 211 Å². The summed E-state index contributed by atoms with van der Waals surface area (Å²) in [5.41, 5.74) is 3.88. The summed E-state index contributed by atoms with van der Waals surface area (Å²) in [6.07, 6.45) is 6.87. The van der Waals surface area contributed by atoms with E-state index >= 15 is 0 Å². The Balaban J connectivity index is 0.000000353. The third-order valence-corrected chi connectivity index (χ3v) is 8.15. The molecule has 0 aliphatic carbocycles. The molecule has 0 radical (unpaired) electrons. The summed E-state index contributed by atoms with van der Waals surface area (Å²) in [4.78, 5) is 0. The molecule has 0 saturated carbocycles. The van der Waals surface area contributed by atoms with Gasteiger partial charge in [-0.1, -0.05) is 112 Å². The van der Waals surface area contributed by atoms with Gasteiger partial charge in [-0.2, -0.15) is 9.39 Å². The third kappa shape index (κ3) is 8.60. The number of hydrogen-bond donors (Lipinski definition) is 1. The van der Waals surface area contributed by atoms with Crippen molar-refractivity contribution in [1.82, 2.24) is 4.31 Å². The first-order valence-electron chi connectivity index (χ1n) is 12.6. The molecule has 2 aromatic rings. The SMILES string of the molecule is C=C(CC(C)=N)C(C)(c1ccccc1)c1ccccc1.C=S(=C)(C)N1CCCC(CC)C1.CC. The first kappa shape index (κ1) is 29.9. The largest absolute Gasteiger partial charge is 0.310 e. The first-order chi connectivity index (χ1) is 16.1. The zero-order valence-corrected chi connectivity index (χ0v) is 23.4. The number of piperidine rings is 1. The lowest BCUT2D eigenvalue weighted by Gasteiger charge is -2.35. The van der Waals surface area contributed by atoms with E-state index in [0.717, 1.165) is 11.5 Å². The molecule has 0 bridgehead atoms. The summed E-state index contributed by atoms with van der Waals surface area (Å²) in [5.74, 6) is 9.22. The van der Waals surface area contributed by atoms with Crippen LogP contribution >= 0.6 is 9.39 Å². The van der Waals surface area contributed by atoms with Crippen molar-refractivity contribution >= 4 is 26.8 Å². The third-order valence-electron chi connectivity index (χ3n) is 6.57. The molecule has 0 aromatic heterocycles. The highest BCUT2D eigenvalue weighted by molar-refractivity contribution is 8.25. The van der Waals surface area contributed by atoms with Gasteiger partial charge in [-0.15, -0.1) is 0 Å². The van der Waals surface area contributed by atoms with Gasteiger partial charge in [-0.3, -0.25) is 4.31 Å². The molecule has 3 rings (SSSR count). The van der Waals surface area contributed by atoms with Crippen LogP contribution in [0, 0.1) is 11.3 Å². The normalized spacial score (nSPS) is 16.4. The minimum Gasteiger partial charge on any atom is -0.310 e. The summed E-state index contributed by atoms with van der Waals surface area (Å²) >= 11 is 0. The maximum Gasteiger partial charge on any atom is 0.0384 e. The Morgan fingerprint density at radius 3 is 1.88 bits per heavy atom. The van der Waals surface area contributed by atoms with Crippen LogP contribution in [-0.2, 0) is 5.41 Å². The van der Waals surface area contributed by atoms with Gasteiger partial charge in [0.1, 0.15) is 0 Å². The average Bonchev–Trinajstić information content (AvgIpc) is 2.85. The lowest BCUT2D eigenvalue weighted by atomic mass is 9.70. The standard InChI is InChI=1S/C19H21N.C10H21NS.C2H6/c1-15(14-16(2)20)19(3,17-10-6-4-7-11-17)18-12-8-5-9-13-18;1-5-10-7-6-8-11(9-10)12(2,3)4;1-2/h4-13,20H,1,14H2,2-3H3;10H,2-3,5-9H2,1,4H3;1-2H3. The first-order valence-corrected chi connectivity index (χ1v) is 15.0. The van der Waals surface area contributed by atoms with E-state index in [4.69, 9.17) is 5.41 Å². The van der Waals surface area contributed by atoms with Gasteiger partial charge in [0.25, 0.3) is 0 Å². The van der Waals surface area contributed by atoms with E-state index in [1.54, 1.807) is 0 Å². The fraction of sp³-hybridized carbons (Fsp3) is 0.452. The molecule has 2 aromatic carbocycles. The number of hydrogen-bond acceptors (Lipinski definition) is 2. The number of allylic oxidation sites excluding steroid dienone is 1. The molecule has 188 valence electrons. The molecule has 3 heteroatoms. The lowest BCUT2D eigenvalue weighted by Crippen LogP contribution is -2.32. The van der Waals surface area contributed by atoms with Crippen LogP contribution < -0.4 is 0 Å². The van der Waals surface area contributed by atoms with Gasteiger partial charge in [0.2, 0.25) is 0 Å². The quantitative estimate of drug-likeness (QED) is 0.241. The number of nitrogens with zero attached hydrogens (tertiary/aromatic N) is 1. The summed E-state index contributed by atoms with van der Waals surface area (Å²) in [6.45, 7) is 17.0. The lowest BCUT2D eigenvalue weighted by molar-refractivity contribution is 0.279. The van der Waals surface area contributed by atoms with Crippen LogP contribution in [-0.4, -0.2) is 41.1 Å². The monoisotopic (exact) mass is 480 g/mol. The molecule has 34 heavy (non-hydrogen) atoms. The van der Waals surface area contributed by atoms with Crippen LogP contribution in [0.15, 0.2) is 72.8 Å². The van der Waals surface area contributed by atoms with E-state index in [9.17, 15) is 0 Å². The molecule has 1 heterocycles. The molecule has 1 atom stereocenters. The van der Waals surface area contributed by atoms with Gasteiger partial charge in [-0.25, -0.2) is 0 Å². The summed E-state index contributed by atoms with van der Waals surface area (Å²) in [5, 5.41) is 7.77. The average molecular weight is 481 g/mol. The van der Waals surface area contributed by atoms with E-state index in [1.165, 1.54) is 43.5 Å². The van der Waals surface area contributed by atoms with Crippen LogP contribution in [0.5, 0.6) is 0 Å². The molecule has 1 fully saturated rings. The second-order valence-corrected chi connectivity index (χ2v) is 12.4. The second kappa shape index (κ2) is 14.3. The maximum atomic E-state index is 7.77. The molecule has 2 nitrogen and oxygen atoms in total. The predicted molar refractivity (Wildman–Crippen MR) is 160 cm³/mol. The van der Waals surface area contributed by atoms with Crippen molar-refractivity contribution in [2.75, 3.05) is 19.3 Å². The molecular weight excluding hydrogens is 432 g/mol. The fourth-order valence-electron chi connectivity index (χ4n) is 4.38. The molecule has 1 aliphatic heterocycles. The Morgan fingerprint density at radius 1 is 1.03 bits per heavy atom. The number of nitrogens with one attached hydrogen (secondary N) is 1. The highest BCUT2D eigenvalue weighted by atomic mass is 32.2. The highest BCUT2D eigenvalue weighted by Gasteiger charge is 2.31. The van der Waals surface area contributed by atoms with E-state index in [0.29, 0.717) is 12.1 Å². The predicted octanol–water partition coefficient (Wildman–Crippen LogP) is 8.33. The zero-order chi connectivity index (χ0) is 25.8. The molecule has 1 aliphatic rings. The maximum absolute atomic E-state index is 7.77. The Hall–Kier alpha value is -2.10. The fourth-order valence-corrected chi connectivity index (χ4v) is 5.52. The minimum absolute atomic E-state index is 0.259. The van der Waals surface area contributed by atoms with Crippen molar-refractivity contribution < 1.29 is 0 Å². The molecule has 1 unspecified atom stereocenters. The van der Waals surface area contributed by atoms with Gasteiger partial charge in [0.05, 0.1) is 0 Å². The van der Waals surface area contributed by atoms with Gasteiger partial charge in [-0.05, 0) is 50.0 Å². The van der Waals surface area contributed by atoms with Crippen molar-refractivity contribution in [1.29, 1.82) is 5.41 Å². The molecule has 0 amide bonds. The van der Waals surface area contributed by atoms with E-state index < -0.39 is 9.39 Å². The van der Waals surface area contributed by atoms with Crippen LogP contribution in [0.25, 0.3) is 0 Å². The summed E-state index contributed by atoms with van der Waals surface area (Å²) in [7, 11) is -0.936. The van der Waals surface area contributed by atoms with Crippen LogP contribution in [0.3, 0.4) is 0 Å². The number of benzene rings is 2.